The van der Waals surface area contributed by atoms with E-state index in [0.717, 1.165) is 24.7 Å². The number of aromatic nitrogens is 2. The quantitative estimate of drug-likeness (QED) is 0.843. The van der Waals surface area contributed by atoms with Crippen LogP contribution >= 0.6 is 12.4 Å². The standard InChI is InChI=1S/C12H21N3O.ClH/c1-11(2,3)9-14-10(16-15-9)12(4)7-5-6-8-13-12;/h13H,5-8H2,1-4H3;1H. The fourth-order valence-electron chi connectivity index (χ4n) is 1.99. The summed E-state index contributed by atoms with van der Waals surface area (Å²) in [5.74, 6) is 1.52. The van der Waals surface area contributed by atoms with Gasteiger partial charge in [-0.15, -0.1) is 12.4 Å². The molecule has 1 N–H and O–H groups in total. The van der Waals surface area contributed by atoms with E-state index in [0.29, 0.717) is 0 Å². The van der Waals surface area contributed by atoms with Crippen LogP contribution in [0.3, 0.4) is 0 Å². The van der Waals surface area contributed by atoms with E-state index in [1.807, 2.05) is 0 Å². The molecule has 0 radical (unpaired) electrons. The highest BCUT2D eigenvalue weighted by atomic mass is 35.5. The van der Waals surface area contributed by atoms with E-state index < -0.39 is 0 Å². The molecule has 1 aromatic heterocycles. The second-order valence-electron chi connectivity index (χ2n) is 5.89. The van der Waals surface area contributed by atoms with Gasteiger partial charge in [-0.25, -0.2) is 0 Å². The minimum absolute atomic E-state index is 0. The highest BCUT2D eigenvalue weighted by Gasteiger charge is 2.35. The predicted molar refractivity (Wildman–Crippen MR) is 69.5 cm³/mol. The number of halogens is 1. The van der Waals surface area contributed by atoms with Crippen LogP contribution in [0.1, 0.15) is 58.7 Å². The smallest absolute Gasteiger partial charge is 0.246 e. The molecule has 4 nitrogen and oxygen atoms in total. The fourth-order valence-corrected chi connectivity index (χ4v) is 1.99. The van der Waals surface area contributed by atoms with Crippen molar-refractivity contribution >= 4 is 12.4 Å². The molecule has 1 saturated heterocycles. The Morgan fingerprint density at radius 1 is 1.29 bits per heavy atom. The Kier molecular flexibility index (Phi) is 4.20. The highest BCUT2D eigenvalue weighted by Crippen LogP contribution is 2.30. The summed E-state index contributed by atoms with van der Waals surface area (Å²) in [7, 11) is 0. The summed E-state index contributed by atoms with van der Waals surface area (Å²) in [6.07, 6.45) is 3.52. The minimum Gasteiger partial charge on any atom is -0.337 e. The van der Waals surface area contributed by atoms with Gasteiger partial charge in [0.15, 0.2) is 5.82 Å². The van der Waals surface area contributed by atoms with Crippen molar-refractivity contribution in [2.24, 2.45) is 0 Å². The molecule has 17 heavy (non-hydrogen) atoms. The summed E-state index contributed by atoms with van der Waals surface area (Å²) in [5, 5.41) is 7.56. The molecule has 1 unspecified atom stereocenters. The molecule has 1 aromatic rings. The molecule has 2 heterocycles. The summed E-state index contributed by atoms with van der Waals surface area (Å²) >= 11 is 0. The average molecular weight is 260 g/mol. The first kappa shape index (κ1) is 14.5. The minimum atomic E-state index is -0.130. The van der Waals surface area contributed by atoms with Crippen molar-refractivity contribution in [3.63, 3.8) is 0 Å². The largest absolute Gasteiger partial charge is 0.337 e. The lowest BCUT2D eigenvalue weighted by molar-refractivity contribution is 0.206. The number of nitrogens with one attached hydrogen (secondary N) is 1. The molecule has 2 rings (SSSR count). The van der Waals surface area contributed by atoms with E-state index in [2.05, 4.69) is 43.2 Å². The lowest BCUT2D eigenvalue weighted by atomic mass is 9.90. The van der Waals surface area contributed by atoms with Gasteiger partial charge >= 0.3 is 0 Å². The normalized spacial score (nSPS) is 25.4. The first-order valence-corrected chi connectivity index (χ1v) is 6.01. The lowest BCUT2D eigenvalue weighted by Gasteiger charge is -2.31. The maximum Gasteiger partial charge on any atom is 0.246 e. The first-order chi connectivity index (χ1) is 7.42. The Balaban J connectivity index is 0.00000144. The van der Waals surface area contributed by atoms with Crippen LogP contribution in [-0.4, -0.2) is 16.7 Å². The van der Waals surface area contributed by atoms with E-state index >= 15 is 0 Å². The van der Waals surface area contributed by atoms with Crippen molar-refractivity contribution in [2.45, 2.75) is 57.9 Å². The van der Waals surface area contributed by atoms with Crippen LogP contribution in [0.2, 0.25) is 0 Å². The number of nitrogens with zero attached hydrogens (tertiary/aromatic N) is 2. The Morgan fingerprint density at radius 2 is 2.00 bits per heavy atom. The molecule has 0 aliphatic carbocycles. The second-order valence-corrected chi connectivity index (χ2v) is 5.89. The van der Waals surface area contributed by atoms with Crippen molar-refractivity contribution < 1.29 is 4.52 Å². The first-order valence-electron chi connectivity index (χ1n) is 6.01. The topological polar surface area (TPSA) is 51.0 Å². The number of hydrogen-bond acceptors (Lipinski definition) is 4. The third-order valence-electron chi connectivity index (χ3n) is 3.19. The molecule has 0 amide bonds. The third-order valence-corrected chi connectivity index (χ3v) is 3.19. The zero-order valence-electron chi connectivity index (χ0n) is 11.0. The van der Waals surface area contributed by atoms with Gasteiger partial charge in [0.25, 0.3) is 0 Å². The maximum atomic E-state index is 5.41. The van der Waals surface area contributed by atoms with Gasteiger partial charge in [-0.1, -0.05) is 25.9 Å². The van der Waals surface area contributed by atoms with Crippen molar-refractivity contribution in [3.05, 3.63) is 11.7 Å². The molecule has 0 bridgehead atoms. The van der Waals surface area contributed by atoms with Crippen LogP contribution in [0, 0.1) is 0 Å². The third kappa shape index (κ3) is 2.99. The molecule has 1 aliphatic rings. The molecule has 1 aliphatic heterocycles. The Bertz CT molecular complexity index is 364. The van der Waals surface area contributed by atoms with Crippen LogP contribution in [0.4, 0.5) is 0 Å². The molecule has 0 saturated carbocycles. The van der Waals surface area contributed by atoms with E-state index in [9.17, 15) is 0 Å². The average Bonchev–Trinajstić information content (AvgIpc) is 2.67. The number of hydrogen-bond donors (Lipinski definition) is 1. The van der Waals surface area contributed by atoms with E-state index in [1.165, 1.54) is 12.8 Å². The van der Waals surface area contributed by atoms with E-state index in [4.69, 9.17) is 4.52 Å². The fraction of sp³-hybridized carbons (Fsp3) is 0.833. The van der Waals surface area contributed by atoms with Crippen LogP contribution in [0.25, 0.3) is 0 Å². The Hall–Kier alpha value is -0.610. The van der Waals surface area contributed by atoms with Gasteiger partial charge in [0.2, 0.25) is 5.89 Å². The van der Waals surface area contributed by atoms with Gasteiger partial charge in [0.1, 0.15) is 0 Å². The van der Waals surface area contributed by atoms with Crippen molar-refractivity contribution in [1.82, 2.24) is 15.5 Å². The van der Waals surface area contributed by atoms with Crippen LogP contribution in [0.15, 0.2) is 4.52 Å². The van der Waals surface area contributed by atoms with Crippen molar-refractivity contribution in [1.29, 1.82) is 0 Å². The molecular weight excluding hydrogens is 238 g/mol. The van der Waals surface area contributed by atoms with Crippen molar-refractivity contribution in [3.8, 4) is 0 Å². The number of rotatable bonds is 1. The summed E-state index contributed by atoms with van der Waals surface area (Å²) in [5.41, 5.74) is -0.179. The zero-order chi connectivity index (χ0) is 11.8. The van der Waals surface area contributed by atoms with E-state index in [1.54, 1.807) is 0 Å². The molecule has 1 fully saturated rings. The lowest BCUT2D eigenvalue weighted by Crippen LogP contribution is -2.43. The summed E-state index contributed by atoms with van der Waals surface area (Å²) in [6.45, 7) is 9.46. The van der Waals surface area contributed by atoms with E-state index in [-0.39, 0.29) is 23.4 Å². The molecule has 0 aromatic carbocycles. The molecule has 0 spiro atoms. The van der Waals surface area contributed by atoms with Gasteiger partial charge in [-0.2, -0.15) is 4.98 Å². The summed E-state index contributed by atoms with van der Waals surface area (Å²) in [4.78, 5) is 4.54. The summed E-state index contributed by atoms with van der Waals surface area (Å²) < 4.78 is 5.41. The molecular formula is C12H22ClN3O. The Morgan fingerprint density at radius 3 is 2.47 bits per heavy atom. The van der Waals surface area contributed by atoms with Gasteiger partial charge in [0.05, 0.1) is 5.54 Å². The number of piperidine rings is 1. The van der Waals surface area contributed by atoms with Gasteiger partial charge in [-0.05, 0) is 32.7 Å². The summed E-state index contributed by atoms with van der Waals surface area (Å²) in [6, 6.07) is 0. The van der Waals surface area contributed by atoms with Crippen LogP contribution in [-0.2, 0) is 11.0 Å². The highest BCUT2D eigenvalue weighted by molar-refractivity contribution is 5.85. The van der Waals surface area contributed by atoms with Gasteiger partial charge in [0, 0.05) is 5.41 Å². The Labute approximate surface area is 109 Å². The van der Waals surface area contributed by atoms with Crippen LogP contribution < -0.4 is 5.32 Å². The molecule has 1 atom stereocenters. The second kappa shape index (κ2) is 4.94. The monoisotopic (exact) mass is 259 g/mol. The molecule has 5 heteroatoms. The SMILES string of the molecule is CC(C)(C)c1noc(C2(C)CCCCN2)n1.Cl. The predicted octanol–water partition coefficient (Wildman–Crippen LogP) is 2.78. The van der Waals surface area contributed by atoms with Gasteiger partial charge < -0.3 is 9.84 Å². The van der Waals surface area contributed by atoms with Crippen molar-refractivity contribution in [2.75, 3.05) is 6.54 Å². The van der Waals surface area contributed by atoms with Gasteiger partial charge in [-0.3, -0.25) is 0 Å². The zero-order valence-corrected chi connectivity index (χ0v) is 11.9. The van der Waals surface area contributed by atoms with Crippen LogP contribution in [0.5, 0.6) is 0 Å². The molecule has 98 valence electrons. The maximum absolute atomic E-state index is 5.41.